The molecular weight excluding hydrogens is 346 g/mol. The molecule has 0 saturated carbocycles. The zero-order chi connectivity index (χ0) is 18.7. The predicted molar refractivity (Wildman–Crippen MR) is 92.2 cm³/mol. The molecule has 0 fully saturated rings. The van der Waals surface area contributed by atoms with E-state index in [0.717, 1.165) is 41.5 Å². The van der Waals surface area contributed by atoms with Crippen molar-refractivity contribution in [3.8, 4) is 0 Å². The standard InChI is InChI=1S/C19H19F4N3/c1-26(12-13-11-14(19(21,22)23)8-9-15(13)20)10-4-7-18-24-16-5-2-3-6-17(16)25-18/h2-3,5-6,8-9,11H,4,7,10,12H2,1H3,(H,24,25). The van der Waals surface area contributed by atoms with Crippen LogP contribution >= 0.6 is 0 Å². The summed E-state index contributed by atoms with van der Waals surface area (Å²) in [4.78, 5) is 9.53. The smallest absolute Gasteiger partial charge is 0.342 e. The lowest BCUT2D eigenvalue weighted by Crippen LogP contribution is -2.21. The molecule has 7 heteroatoms. The van der Waals surface area contributed by atoms with Crippen LogP contribution < -0.4 is 0 Å². The maximum atomic E-state index is 13.8. The molecular formula is C19H19F4N3. The SMILES string of the molecule is CN(CCCc1nc2ccccc2[nH]1)Cc1cc(C(F)(F)F)ccc1F. The van der Waals surface area contributed by atoms with Gasteiger partial charge < -0.3 is 9.88 Å². The minimum absolute atomic E-state index is 0.0473. The summed E-state index contributed by atoms with van der Waals surface area (Å²) in [6.07, 6.45) is -3.00. The van der Waals surface area contributed by atoms with Crippen LogP contribution in [-0.2, 0) is 19.1 Å². The van der Waals surface area contributed by atoms with E-state index >= 15 is 0 Å². The Balaban J connectivity index is 1.56. The van der Waals surface area contributed by atoms with E-state index < -0.39 is 17.6 Å². The number of benzene rings is 2. The first kappa shape index (κ1) is 18.4. The molecule has 2 aromatic carbocycles. The van der Waals surface area contributed by atoms with Crippen molar-refractivity contribution in [2.75, 3.05) is 13.6 Å². The number of aromatic amines is 1. The third-order valence-corrected chi connectivity index (χ3v) is 4.21. The van der Waals surface area contributed by atoms with Gasteiger partial charge in [-0.2, -0.15) is 13.2 Å². The minimum atomic E-state index is -4.47. The Kier molecular flexibility index (Phi) is 5.27. The van der Waals surface area contributed by atoms with E-state index in [4.69, 9.17) is 0 Å². The van der Waals surface area contributed by atoms with Crippen molar-refractivity contribution in [2.24, 2.45) is 0 Å². The van der Waals surface area contributed by atoms with Crippen LogP contribution in [0.15, 0.2) is 42.5 Å². The predicted octanol–water partition coefficient (Wildman–Crippen LogP) is 4.79. The molecule has 1 aromatic heterocycles. The second-order valence-corrected chi connectivity index (χ2v) is 6.35. The topological polar surface area (TPSA) is 31.9 Å². The maximum absolute atomic E-state index is 13.8. The molecule has 1 N–H and O–H groups in total. The van der Waals surface area contributed by atoms with Crippen molar-refractivity contribution < 1.29 is 17.6 Å². The van der Waals surface area contributed by atoms with Crippen molar-refractivity contribution in [3.05, 3.63) is 65.2 Å². The number of imidazole rings is 1. The van der Waals surface area contributed by atoms with Gasteiger partial charge in [-0.05, 0) is 50.3 Å². The Bertz CT molecular complexity index is 853. The molecule has 26 heavy (non-hydrogen) atoms. The molecule has 0 spiro atoms. The van der Waals surface area contributed by atoms with Gasteiger partial charge in [0.15, 0.2) is 0 Å². The molecule has 0 bridgehead atoms. The average molecular weight is 365 g/mol. The van der Waals surface area contributed by atoms with E-state index in [2.05, 4.69) is 9.97 Å². The quantitative estimate of drug-likeness (QED) is 0.637. The average Bonchev–Trinajstić information content (AvgIpc) is 2.98. The fourth-order valence-corrected chi connectivity index (χ4v) is 2.88. The summed E-state index contributed by atoms with van der Waals surface area (Å²) >= 11 is 0. The van der Waals surface area contributed by atoms with Gasteiger partial charge in [0, 0.05) is 18.5 Å². The van der Waals surface area contributed by atoms with Crippen molar-refractivity contribution >= 4 is 11.0 Å². The highest BCUT2D eigenvalue weighted by Crippen LogP contribution is 2.30. The summed E-state index contributed by atoms with van der Waals surface area (Å²) in [5, 5.41) is 0. The van der Waals surface area contributed by atoms with E-state index in [0.29, 0.717) is 13.0 Å². The van der Waals surface area contributed by atoms with Crippen LogP contribution in [0, 0.1) is 5.82 Å². The van der Waals surface area contributed by atoms with Gasteiger partial charge in [-0.3, -0.25) is 0 Å². The normalized spacial score (nSPS) is 12.2. The first-order valence-corrected chi connectivity index (χ1v) is 8.31. The number of hydrogen-bond acceptors (Lipinski definition) is 2. The zero-order valence-electron chi connectivity index (χ0n) is 14.3. The van der Waals surface area contributed by atoms with E-state index in [-0.39, 0.29) is 12.1 Å². The molecule has 0 aliphatic carbocycles. The van der Waals surface area contributed by atoms with Crippen LogP contribution in [0.2, 0.25) is 0 Å². The maximum Gasteiger partial charge on any atom is 0.416 e. The molecule has 0 amide bonds. The molecule has 138 valence electrons. The molecule has 3 rings (SSSR count). The Morgan fingerprint density at radius 3 is 2.62 bits per heavy atom. The minimum Gasteiger partial charge on any atom is -0.342 e. The first-order chi connectivity index (χ1) is 12.3. The fourth-order valence-electron chi connectivity index (χ4n) is 2.88. The third kappa shape index (κ3) is 4.40. The lowest BCUT2D eigenvalue weighted by atomic mass is 10.1. The number of halogens is 4. The summed E-state index contributed by atoms with van der Waals surface area (Å²) in [6, 6.07) is 10.3. The lowest BCUT2D eigenvalue weighted by Gasteiger charge is -2.18. The third-order valence-electron chi connectivity index (χ3n) is 4.21. The molecule has 0 aliphatic rings. The number of aryl methyl sites for hydroxylation is 1. The van der Waals surface area contributed by atoms with Crippen molar-refractivity contribution in [1.82, 2.24) is 14.9 Å². The molecule has 0 unspecified atom stereocenters. The summed E-state index contributed by atoms with van der Waals surface area (Å²) in [7, 11) is 1.76. The Labute approximate surface area is 148 Å². The van der Waals surface area contributed by atoms with Gasteiger partial charge in [0.1, 0.15) is 11.6 Å². The van der Waals surface area contributed by atoms with Gasteiger partial charge in [0.05, 0.1) is 16.6 Å². The van der Waals surface area contributed by atoms with E-state index in [1.165, 1.54) is 0 Å². The van der Waals surface area contributed by atoms with Crippen LogP contribution in [0.4, 0.5) is 17.6 Å². The lowest BCUT2D eigenvalue weighted by molar-refractivity contribution is -0.137. The van der Waals surface area contributed by atoms with Crippen LogP contribution in [-0.4, -0.2) is 28.5 Å². The molecule has 3 aromatic rings. The van der Waals surface area contributed by atoms with Gasteiger partial charge in [-0.25, -0.2) is 9.37 Å². The summed E-state index contributed by atoms with van der Waals surface area (Å²) in [5.41, 5.74) is 1.10. The Morgan fingerprint density at radius 2 is 1.88 bits per heavy atom. The summed E-state index contributed by atoms with van der Waals surface area (Å²) in [5.74, 6) is 0.243. The monoisotopic (exact) mass is 365 g/mol. The van der Waals surface area contributed by atoms with Crippen molar-refractivity contribution in [2.45, 2.75) is 25.6 Å². The van der Waals surface area contributed by atoms with Crippen molar-refractivity contribution in [3.63, 3.8) is 0 Å². The number of nitrogens with zero attached hydrogens (tertiary/aromatic N) is 2. The number of rotatable bonds is 6. The first-order valence-electron chi connectivity index (χ1n) is 8.31. The van der Waals surface area contributed by atoms with E-state index in [1.54, 1.807) is 11.9 Å². The number of alkyl halides is 3. The number of hydrogen-bond donors (Lipinski definition) is 1. The number of H-pyrrole nitrogens is 1. The van der Waals surface area contributed by atoms with Gasteiger partial charge in [0.2, 0.25) is 0 Å². The van der Waals surface area contributed by atoms with E-state index in [1.807, 2.05) is 24.3 Å². The second kappa shape index (κ2) is 7.45. The van der Waals surface area contributed by atoms with Crippen LogP contribution in [0.25, 0.3) is 11.0 Å². The van der Waals surface area contributed by atoms with Gasteiger partial charge in [-0.15, -0.1) is 0 Å². The number of fused-ring (bicyclic) bond motifs is 1. The van der Waals surface area contributed by atoms with E-state index in [9.17, 15) is 17.6 Å². The number of aromatic nitrogens is 2. The molecule has 0 atom stereocenters. The van der Waals surface area contributed by atoms with Crippen LogP contribution in [0.5, 0.6) is 0 Å². The van der Waals surface area contributed by atoms with Gasteiger partial charge in [0.25, 0.3) is 0 Å². The van der Waals surface area contributed by atoms with Gasteiger partial charge in [-0.1, -0.05) is 12.1 Å². The van der Waals surface area contributed by atoms with Crippen LogP contribution in [0.3, 0.4) is 0 Å². The molecule has 0 saturated heterocycles. The van der Waals surface area contributed by atoms with Gasteiger partial charge >= 0.3 is 6.18 Å². The molecule has 0 radical (unpaired) electrons. The fraction of sp³-hybridized carbons (Fsp3) is 0.316. The molecule has 3 nitrogen and oxygen atoms in total. The molecule has 1 heterocycles. The number of para-hydroxylation sites is 2. The zero-order valence-corrected chi connectivity index (χ0v) is 14.3. The highest BCUT2D eigenvalue weighted by atomic mass is 19.4. The highest BCUT2D eigenvalue weighted by Gasteiger charge is 2.31. The highest BCUT2D eigenvalue weighted by molar-refractivity contribution is 5.74. The van der Waals surface area contributed by atoms with Crippen LogP contribution in [0.1, 0.15) is 23.4 Å². The Morgan fingerprint density at radius 1 is 1.12 bits per heavy atom. The molecule has 0 aliphatic heterocycles. The summed E-state index contributed by atoms with van der Waals surface area (Å²) < 4.78 is 52.1. The summed E-state index contributed by atoms with van der Waals surface area (Å²) in [6.45, 7) is 0.739. The largest absolute Gasteiger partial charge is 0.416 e. The Hall–Kier alpha value is -2.41. The second-order valence-electron chi connectivity index (χ2n) is 6.35. The number of nitrogens with one attached hydrogen (secondary N) is 1. The van der Waals surface area contributed by atoms with Crippen molar-refractivity contribution in [1.29, 1.82) is 0 Å².